The number of nitrogens with one attached hydrogen (secondary N) is 3. The third kappa shape index (κ3) is 6.42. The van der Waals surface area contributed by atoms with E-state index in [9.17, 15) is 18.8 Å². The molecule has 0 radical (unpaired) electrons. The number of benzene rings is 3. The van der Waals surface area contributed by atoms with E-state index in [1.54, 1.807) is 12.1 Å². The van der Waals surface area contributed by atoms with Crippen LogP contribution in [0.1, 0.15) is 16.7 Å². The van der Waals surface area contributed by atoms with Crippen LogP contribution in [0.2, 0.25) is 0 Å². The average Bonchev–Trinajstić information content (AvgIpc) is 3.33. The Morgan fingerprint density at radius 2 is 1.46 bits per heavy atom. The molecule has 1 aliphatic rings. The number of hydrogen-bond acceptors (Lipinski definition) is 4. The highest BCUT2D eigenvalue weighted by molar-refractivity contribution is 5.98. The highest BCUT2D eigenvalue weighted by Crippen LogP contribution is 2.20. The summed E-state index contributed by atoms with van der Waals surface area (Å²) in [5.74, 6) is -1.03. The van der Waals surface area contributed by atoms with Gasteiger partial charge < -0.3 is 21.7 Å². The quantitative estimate of drug-likeness (QED) is 0.410. The molecule has 0 aliphatic carbocycles. The molecular formula is C27H29FN6O3. The molecular weight excluding hydrogens is 475 g/mol. The molecule has 0 saturated carbocycles. The molecule has 4 rings (SSSR count). The number of urea groups is 2. The normalized spacial score (nSPS) is 14.8. The van der Waals surface area contributed by atoms with Crippen LogP contribution < -0.4 is 21.7 Å². The lowest BCUT2D eigenvalue weighted by atomic mass is 10.1. The van der Waals surface area contributed by atoms with Gasteiger partial charge in [-0.3, -0.25) is 14.6 Å². The van der Waals surface area contributed by atoms with Gasteiger partial charge in [0.15, 0.2) is 6.17 Å². The Kier molecular flexibility index (Phi) is 7.99. The summed E-state index contributed by atoms with van der Waals surface area (Å²) < 4.78 is 13.6. The summed E-state index contributed by atoms with van der Waals surface area (Å²) in [5, 5.41) is 8.23. The number of amides is 5. The molecule has 37 heavy (non-hydrogen) atoms. The predicted octanol–water partition coefficient (Wildman–Crippen LogP) is 3.62. The van der Waals surface area contributed by atoms with Crippen LogP contribution in [-0.4, -0.2) is 47.0 Å². The molecule has 0 aromatic heterocycles. The minimum Gasteiger partial charge on any atom is -0.349 e. The SMILES string of the molecule is Cc1cccc(NC(=O)N2CCN(C(=O)Nc3cccc(F)c3)C2C(=O)NCc2cccc(CN)c2)c1. The molecule has 0 spiro atoms. The monoisotopic (exact) mass is 504 g/mol. The topological polar surface area (TPSA) is 120 Å². The second-order valence-corrected chi connectivity index (χ2v) is 8.74. The fraction of sp³-hybridized carbons (Fsp3) is 0.222. The number of anilines is 2. The van der Waals surface area contributed by atoms with Gasteiger partial charge in [0.1, 0.15) is 5.82 Å². The number of nitrogens with zero attached hydrogens (tertiary/aromatic N) is 2. The van der Waals surface area contributed by atoms with Crippen molar-refractivity contribution in [3.05, 3.63) is 95.3 Å². The third-order valence-corrected chi connectivity index (χ3v) is 5.97. The van der Waals surface area contributed by atoms with E-state index in [0.29, 0.717) is 12.2 Å². The van der Waals surface area contributed by atoms with Gasteiger partial charge in [0.05, 0.1) is 0 Å². The van der Waals surface area contributed by atoms with Crippen molar-refractivity contribution in [1.29, 1.82) is 0 Å². The van der Waals surface area contributed by atoms with Crippen molar-refractivity contribution >= 4 is 29.3 Å². The molecule has 1 heterocycles. The van der Waals surface area contributed by atoms with Crippen LogP contribution in [0.15, 0.2) is 72.8 Å². The summed E-state index contributed by atoms with van der Waals surface area (Å²) in [5.41, 5.74) is 9.24. The van der Waals surface area contributed by atoms with Crippen molar-refractivity contribution in [1.82, 2.24) is 15.1 Å². The van der Waals surface area contributed by atoms with Gasteiger partial charge >= 0.3 is 12.1 Å². The summed E-state index contributed by atoms with van der Waals surface area (Å²) in [6.45, 7) is 2.71. The molecule has 9 nitrogen and oxygen atoms in total. The smallest absolute Gasteiger partial charge is 0.323 e. The number of carbonyl (C=O) groups is 3. The molecule has 1 atom stereocenters. The van der Waals surface area contributed by atoms with Crippen molar-refractivity contribution in [3.63, 3.8) is 0 Å². The van der Waals surface area contributed by atoms with E-state index in [0.717, 1.165) is 16.7 Å². The molecule has 1 unspecified atom stereocenters. The first-order valence-electron chi connectivity index (χ1n) is 11.9. The van der Waals surface area contributed by atoms with Crippen molar-refractivity contribution in [2.45, 2.75) is 26.2 Å². The highest BCUT2D eigenvalue weighted by Gasteiger charge is 2.42. The first-order chi connectivity index (χ1) is 17.8. The Labute approximate surface area is 214 Å². The molecule has 5 amide bonds. The van der Waals surface area contributed by atoms with E-state index in [-0.39, 0.29) is 25.3 Å². The maximum atomic E-state index is 13.6. The van der Waals surface area contributed by atoms with Gasteiger partial charge in [-0.15, -0.1) is 0 Å². The lowest BCUT2D eigenvalue weighted by Gasteiger charge is -2.29. The molecule has 192 valence electrons. The van der Waals surface area contributed by atoms with E-state index in [2.05, 4.69) is 16.0 Å². The van der Waals surface area contributed by atoms with Crippen LogP contribution in [0.4, 0.5) is 25.4 Å². The molecule has 3 aromatic carbocycles. The number of hydrogen-bond donors (Lipinski definition) is 4. The van der Waals surface area contributed by atoms with Gasteiger partial charge in [-0.1, -0.05) is 42.5 Å². The molecule has 1 saturated heterocycles. The minimum absolute atomic E-state index is 0.114. The summed E-state index contributed by atoms with van der Waals surface area (Å²) >= 11 is 0. The standard InChI is InChI=1S/C27H29FN6O3/c1-18-5-2-9-22(13-18)31-26(36)33-11-12-34(27(37)32-23-10-4-8-21(28)15-23)25(33)24(35)30-17-20-7-3-6-19(14-20)16-29/h2-10,13-15,25H,11-12,16-17,29H2,1H3,(H,30,35)(H,31,36)(H,32,37). The molecule has 3 aromatic rings. The van der Waals surface area contributed by atoms with Crippen molar-refractivity contribution in [2.75, 3.05) is 23.7 Å². The second kappa shape index (κ2) is 11.5. The number of carbonyl (C=O) groups excluding carboxylic acids is 3. The number of aryl methyl sites for hydroxylation is 1. The van der Waals surface area contributed by atoms with Gasteiger partial charge in [0, 0.05) is 37.6 Å². The maximum Gasteiger partial charge on any atom is 0.323 e. The van der Waals surface area contributed by atoms with Crippen LogP contribution in [0, 0.1) is 12.7 Å². The molecule has 5 N–H and O–H groups in total. The fourth-order valence-electron chi connectivity index (χ4n) is 4.16. The zero-order valence-corrected chi connectivity index (χ0v) is 20.4. The fourth-order valence-corrected chi connectivity index (χ4v) is 4.16. The Morgan fingerprint density at radius 1 is 0.865 bits per heavy atom. The number of halogens is 1. The zero-order chi connectivity index (χ0) is 26.4. The largest absolute Gasteiger partial charge is 0.349 e. The van der Waals surface area contributed by atoms with Gasteiger partial charge in [-0.2, -0.15) is 0 Å². The highest BCUT2D eigenvalue weighted by atomic mass is 19.1. The average molecular weight is 505 g/mol. The number of nitrogens with two attached hydrogens (primary N) is 1. The first kappa shape index (κ1) is 25.6. The molecule has 10 heteroatoms. The van der Waals surface area contributed by atoms with E-state index >= 15 is 0 Å². The first-order valence-corrected chi connectivity index (χ1v) is 11.9. The predicted molar refractivity (Wildman–Crippen MR) is 139 cm³/mol. The van der Waals surface area contributed by atoms with Gasteiger partial charge in [0.25, 0.3) is 5.91 Å². The van der Waals surface area contributed by atoms with Gasteiger partial charge in [0.2, 0.25) is 0 Å². The number of rotatable bonds is 6. The molecule has 1 aliphatic heterocycles. The Morgan fingerprint density at radius 3 is 2.08 bits per heavy atom. The minimum atomic E-state index is -1.21. The van der Waals surface area contributed by atoms with Crippen molar-refractivity contribution in [2.24, 2.45) is 5.73 Å². The van der Waals surface area contributed by atoms with E-state index < -0.39 is 30.0 Å². The van der Waals surface area contributed by atoms with E-state index in [4.69, 9.17) is 5.73 Å². The lowest BCUT2D eigenvalue weighted by Crippen LogP contribution is -2.55. The van der Waals surface area contributed by atoms with Crippen LogP contribution >= 0.6 is 0 Å². The Bertz CT molecular complexity index is 1230. The molecule has 0 bridgehead atoms. The van der Waals surface area contributed by atoms with Gasteiger partial charge in [-0.25, -0.2) is 14.0 Å². The van der Waals surface area contributed by atoms with Crippen LogP contribution in [-0.2, 0) is 17.9 Å². The zero-order valence-electron chi connectivity index (χ0n) is 20.4. The van der Waals surface area contributed by atoms with Crippen LogP contribution in [0.25, 0.3) is 0 Å². The summed E-state index contributed by atoms with van der Waals surface area (Å²) in [7, 11) is 0. The summed E-state index contributed by atoms with van der Waals surface area (Å²) in [6.07, 6.45) is -1.21. The lowest BCUT2D eigenvalue weighted by molar-refractivity contribution is -0.127. The Balaban J connectivity index is 1.53. The van der Waals surface area contributed by atoms with Crippen molar-refractivity contribution < 1.29 is 18.8 Å². The van der Waals surface area contributed by atoms with Crippen molar-refractivity contribution in [3.8, 4) is 0 Å². The summed E-state index contributed by atoms with van der Waals surface area (Å²) in [6, 6.07) is 19.0. The van der Waals surface area contributed by atoms with Crippen LogP contribution in [0.3, 0.4) is 0 Å². The van der Waals surface area contributed by atoms with Crippen LogP contribution in [0.5, 0.6) is 0 Å². The van der Waals surface area contributed by atoms with E-state index in [1.807, 2.05) is 49.4 Å². The maximum absolute atomic E-state index is 13.6. The van der Waals surface area contributed by atoms with Gasteiger partial charge in [-0.05, 0) is 53.9 Å². The second-order valence-electron chi connectivity index (χ2n) is 8.74. The summed E-state index contributed by atoms with van der Waals surface area (Å²) in [4.78, 5) is 42.2. The third-order valence-electron chi connectivity index (χ3n) is 5.97. The molecule has 1 fully saturated rings. The Hall–Kier alpha value is -4.44. The van der Waals surface area contributed by atoms with E-state index in [1.165, 1.54) is 28.0 Å².